The average molecular weight is 401 g/mol. The van der Waals surface area contributed by atoms with Crippen LogP contribution in [0.1, 0.15) is 23.2 Å². The van der Waals surface area contributed by atoms with E-state index in [0.29, 0.717) is 11.3 Å². The van der Waals surface area contributed by atoms with Crippen molar-refractivity contribution in [2.45, 2.75) is 18.3 Å². The third-order valence-electron chi connectivity index (χ3n) is 3.13. The molecule has 1 aliphatic heterocycles. The van der Waals surface area contributed by atoms with E-state index in [2.05, 4.69) is 0 Å². The number of alkyl halides is 3. The van der Waals surface area contributed by atoms with Crippen molar-refractivity contribution in [1.29, 1.82) is 0 Å². The van der Waals surface area contributed by atoms with E-state index in [1.807, 2.05) is 0 Å². The smallest absolute Gasteiger partial charge is 0.485 e. The number of ketones is 1. The Hall–Kier alpha value is -1.66. The lowest BCUT2D eigenvalue weighted by atomic mass is 10.1. The first kappa shape index (κ1) is 21.4. The van der Waals surface area contributed by atoms with Crippen LogP contribution in [0.15, 0.2) is 24.3 Å². The molecule has 140 valence electrons. The van der Waals surface area contributed by atoms with Crippen molar-refractivity contribution in [3.05, 3.63) is 39.9 Å². The third kappa shape index (κ3) is 7.00. The van der Waals surface area contributed by atoms with Gasteiger partial charge in [0.1, 0.15) is 11.5 Å². The van der Waals surface area contributed by atoms with Gasteiger partial charge < -0.3 is 4.55 Å². The number of nitrogens with zero attached hydrogens (tertiary/aromatic N) is 1. The summed E-state index contributed by atoms with van der Waals surface area (Å²) in [5, 5.41) is 10.5. The summed E-state index contributed by atoms with van der Waals surface area (Å²) >= 11 is 0. The maximum atomic E-state index is 11.9. The molecule has 1 aromatic carbocycles. The Morgan fingerprint density at radius 2 is 1.60 bits per heavy atom. The molecule has 0 N–H and O–H groups in total. The van der Waals surface area contributed by atoms with Crippen molar-refractivity contribution in [2.24, 2.45) is 0 Å². The normalized spacial score (nSPS) is 15.4. The van der Waals surface area contributed by atoms with Gasteiger partial charge in [0.25, 0.3) is 5.69 Å². The number of nitro benzene ring substituents is 1. The fraction of sp³-hybridized carbons (Fsp3) is 0.462. The van der Waals surface area contributed by atoms with Crippen LogP contribution in [0, 0.1) is 10.1 Å². The number of carbonyl (C=O) groups excluding carboxylic acids is 1. The highest BCUT2D eigenvalue weighted by Gasteiger charge is 2.36. The molecule has 1 saturated heterocycles. The third-order valence-corrected chi connectivity index (χ3v) is 6.10. The van der Waals surface area contributed by atoms with E-state index in [-0.39, 0.29) is 22.4 Å². The lowest BCUT2D eigenvalue weighted by Crippen LogP contribution is -2.21. The van der Waals surface area contributed by atoms with E-state index in [0.717, 1.165) is 0 Å². The van der Waals surface area contributed by atoms with E-state index in [1.165, 1.54) is 36.5 Å². The molecule has 0 spiro atoms. The molecule has 1 fully saturated rings. The van der Waals surface area contributed by atoms with Gasteiger partial charge >= 0.3 is 5.51 Å². The van der Waals surface area contributed by atoms with E-state index < -0.39 is 20.5 Å². The van der Waals surface area contributed by atoms with Gasteiger partial charge in [-0.2, -0.15) is 13.2 Å². The first-order valence-corrected chi connectivity index (χ1v) is 10.00. The standard InChI is InChI=1S/C12H14NO3S.CHF3O3S/c14-12(9-17-7-1-2-8-17)10-3-5-11(6-4-10)13(15)16;2-1(3,4)8(5,6)7/h3-6H,1-2,7-9H2;(H,5,6,7)/q+1;/p-1. The zero-order valence-electron chi connectivity index (χ0n) is 12.7. The van der Waals surface area contributed by atoms with Gasteiger partial charge in [-0.1, -0.05) is 0 Å². The molecule has 12 heteroatoms. The van der Waals surface area contributed by atoms with Gasteiger partial charge in [0, 0.05) is 17.7 Å². The number of carbonyl (C=O) groups is 1. The Morgan fingerprint density at radius 1 is 1.16 bits per heavy atom. The van der Waals surface area contributed by atoms with Crippen LogP contribution < -0.4 is 0 Å². The van der Waals surface area contributed by atoms with Crippen LogP contribution in [0.4, 0.5) is 18.9 Å². The molecule has 0 atom stereocenters. The van der Waals surface area contributed by atoms with Crippen LogP contribution in [0.3, 0.4) is 0 Å². The number of benzene rings is 1. The van der Waals surface area contributed by atoms with E-state index in [1.54, 1.807) is 12.1 Å². The molecule has 2 rings (SSSR count). The predicted molar refractivity (Wildman–Crippen MR) is 84.4 cm³/mol. The molecule has 0 saturated carbocycles. The van der Waals surface area contributed by atoms with Crippen molar-refractivity contribution in [3.8, 4) is 0 Å². The van der Waals surface area contributed by atoms with Crippen LogP contribution in [0.25, 0.3) is 0 Å². The molecule has 0 bridgehead atoms. The van der Waals surface area contributed by atoms with Crippen LogP contribution >= 0.6 is 0 Å². The van der Waals surface area contributed by atoms with Crippen molar-refractivity contribution in [2.75, 3.05) is 17.3 Å². The SMILES string of the molecule is O=C(C[S+]1CCCC1)c1ccc([N+](=O)[O-])cc1.O=S(=O)([O-])C(F)(F)F. The molecule has 0 aromatic heterocycles. The van der Waals surface area contributed by atoms with Crippen LogP contribution in [0.5, 0.6) is 0 Å². The number of rotatable bonds is 4. The topological polar surface area (TPSA) is 117 Å². The van der Waals surface area contributed by atoms with Gasteiger partial charge in [-0.25, -0.2) is 8.42 Å². The van der Waals surface area contributed by atoms with E-state index in [9.17, 15) is 28.1 Å². The van der Waals surface area contributed by atoms with Crippen LogP contribution in [-0.2, 0) is 21.0 Å². The molecule has 1 aromatic rings. The minimum Gasteiger partial charge on any atom is -0.741 e. The highest BCUT2D eigenvalue weighted by molar-refractivity contribution is 7.97. The van der Waals surface area contributed by atoms with E-state index in [4.69, 9.17) is 13.0 Å². The van der Waals surface area contributed by atoms with Crippen molar-refractivity contribution in [3.63, 3.8) is 0 Å². The maximum absolute atomic E-state index is 11.9. The molecule has 0 radical (unpaired) electrons. The minimum atomic E-state index is -6.09. The first-order chi connectivity index (χ1) is 11.4. The largest absolute Gasteiger partial charge is 0.741 e. The zero-order chi connectivity index (χ0) is 19.3. The highest BCUT2D eigenvalue weighted by atomic mass is 32.2. The molecule has 1 heterocycles. The summed E-state index contributed by atoms with van der Waals surface area (Å²) in [5.41, 5.74) is -5.02. The van der Waals surface area contributed by atoms with Crippen molar-refractivity contribution in [1.82, 2.24) is 0 Å². The van der Waals surface area contributed by atoms with Gasteiger partial charge in [0.05, 0.1) is 4.92 Å². The van der Waals surface area contributed by atoms with Crippen molar-refractivity contribution < 1.29 is 35.9 Å². The molecule has 0 aliphatic carbocycles. The summed E-state index contributed by atoms with van der Waals surface area (Å²) in [6.45, 7) is 0. The number of nitro groups is 1. The Morgan fingerprint density at radius 3 is 1.96 bits per heavy atom. The second kappa shape index (κ2) is 8.63. The van der Waals surface area contributed by atoms with E-state index >= 15 is 0 Å². The number of Topliss-reactive ketones (excluding diaryl/α,β-unsaturated/α-hetero) is 1. The van der Waals surface area contributed by atoms with Gasteiger partial charge in [-0.05, 0) is 35.9 Å². The quantitative estimate of drug-likeness (QED) is 0.191. The summed E-state index contributed by atoms with van der Waals surface area (Å²) in [7, 11) is -5.85. The Labute approximate surface area is 144 Å². The van der Waals surface area contributed by atoms with Crippen molar-refractivity contribution >= 4 is 32.5 Å². The molecule has 0 amide bonds. The molecular weight excluding hydrogens is 387 g/mol. The second-order valence-electron chi connectivity index (χ2n) is 5.00. The molecule has 25 heavy (non-hydrogen) atoms. The minimum absolute atomic E-state index is 0.0323. The van der Waals surface area contributed by atoms with Gasteiger partial charge in [-0.3, -0.25) is 14.9 Å². The van der Waals surface area contributed by atoms with Gasteiger partial charge in [-0.15, -0.1) is 0 Å². The number of non-ortho nitro benzene ring substituents is 1. The number of hydrogen-bond donors (Lipinski definition) is 0. The molecule has 7 nitrogen and oxygen atoms in total. The number of halogens is 3. The lowest BCUT2D eigenvalue weighted by molar-refractivity contribution is -0.384. The fourth-order valence-corrected chi connectivity index (χ4v) is 4.15. The summed E-state index contributed by atoms with van der Waals surface area (Å²) in [4.78, 5) is 22.0. The average Bonchev–Trinajstić information content (AvgIpc) is 2.99. The molecular formula is C13H14F3NO6S2. The van der Waals surface area contributed by atoms with Gasteiger partial charge in [0.15, 0.2) is 15.9 Å². The lowest BCUT2D eigenvalue weighted by Gasteiger charge is -2.08. The van der Waals surface area contributed by atoms with Gasteiger partial charge in [0.2, 0.25) is 5.78 Å². The Kier molecular flexibility index (Phi) is 7.38. The second-order valence-corrected chi connectivity index (χ2v) is 8.70. The fourth-order valence-electron chi connectivity index (χ4n) is 1.90. The first-order valence-electron chi connectivity index (χ1n) is 6.85. The molecule has 1 aliphatic rings. The summed E-state index contributed by atoms with van der Waals surface area (Å²) in [6, 6.07) is 5.90. The zero-order valence-corrected chi connectivity index (χ0v) is 14.3. The summed E-state index contributed by atoms with van der Waals surface area (Å²) < 4.78 is 58.9. The monoisotopic (exact) mass is 401 g/mol. The van der Waals surface area contributed by atoms with Crippen LogP contribution in [-0.4, -0.2) is 46.4 Å². The maximum Gasteiger partial charge on any atom is 0.485 e. The summed E-state index contributed by atoms with van der Waals surface area (Å²) in [6.07, 6.45) is 2.47. The highest BCUT2D eigenvalue weighted by Crippen LogP contribution is 2.20. The Bertz CT molecular complexity index is 712. The van der Waals surface area contributed by atoms with Crippen LogP contribution in [0.2, 0.25) is 0 Å². The summed E-state index contributed by atoms with van der Waals surface area (Å²) in [5.74, 6) is 3.06. The Balaban J connectivity index is 0.000000333. The number of hydrogen-bond acceptors (Lipinski definition) is 6. The molecule has 0 unspecified atom stereocenters. The predicted octanol–water partition coefficient (Wildman–Crippen LogP) is 2.24.